The number of nitrogens with zero attached hydrogens (tertiary/aromatic N) is 1. The summed E-state index contributed by atoms with van der Waals surface area (Å²) >= 11 is 3.63. The van der Waals surface area contributed by atoms with E-state index in [1.54, 1.807) is 26.2 Å². The molecule has 1 rings (SSSR count). The summed E-state index contributed by atoms with van der Waals surface area (Å²) in [5.74, 6) is 0. The van der Waals surface area contributed by atoms with Crippen LogP contribution in [0.4, 0.5) is 0 Å². The average Bonchev–Trinajstić information content (AvgIpc) is 2.29. The van der Waals surface area contributed by atoms with E-state index in [1.165, 1.54) is 4.31 Å². The maximum atomic E-state index is 11.9. The van der Waals surface area contributed by atoms with Crippen molar-refractivity contribution in [3.8, 4) is 0 Å². The molecule has 0 spiro atoms. The molecule has 0 amide bonds. The van der Waals surface area contributed by atoms with Gasteiger partial charge in [0, 0.05) is 18.9 Å². The van der Waals surface area contributed by atoms with Gasteiger partial charge in [0.05, 0.1) is 4.90 Å². The number of sulfonamides is 1. The van der Waals surface area contributed by atoms with Crippen molar-refractivity contribution < 1.29 is 8.42 Å². The molecule has 0 radical (unpaired) electrons. The molecule has 0 aliphatic heterocycles. The van der Waals surface area contributed by atoms with Crippen molar-refractivity contribution in [1.29, 1.82) is 0 Å². The lowest BCUT2D eigenvalue weighted by Crippen LogP contribution is -2.22. The molecule has 0 bridgehead atoms. The lowest BCUT2D eigenvalue weighted by atomic mass is 10.1. The van der Waals surface area contributed by atoms with Crippen molar-refractivity contribution >= 4 is 26.0 Å². The predicted octanol–water partition coefficient (Wildman–Crippen LogP) is 3.04. The fourth-order valence-corrected chi connectivity index (χ4v) is 3.41. The SMILES string of the molecule is CCCC(Br)Cc1ccc(S(=O)(=O)N(C)C)cc1. The molecular formula is C13H20BrNO2S. The molecule has 102 valence electrons. The highest BCUT2D eigenvalue weighted by atomic mass is 79.9. The van der Waals surface area contributed by atoms with Crippen molar-refractivity contribution in [2.75, 3.05) is 14.1 Å². The van der Waals surface area contributed by atoms with Gasteiger partial charge in [-0.2, -0.15) is 0 Å². The highest BCUT2D eigenvalue weighted by molar-refractivity contribution is 9.09. The zero-order valence-electron chi connectivity index (χ0n) is 11.1. The minimum absolute atomic E-state index is 0.345. The number of alkyl halides is 1. The Morgan fingerprint density at radius 3 is 2.22 bits per heavy atom. The Morgan fingerprint density at radius 2 is 1.78 bits per heavy atom. The van der Waals surface area contributed by atoms with Crippen LogP contribution in [0.5, 0.6) is 0 Å². The second-order valence-electron chi connectivity index (χ2n) is 4.52. The topological polar surface area (TPSA) is 37.4 Å². The van der Waals surface area contributed by atoms with Crippen LogP contribution >= 0.6 is 15.9 Å². The van der Waals surface area contributed by atoms with Gasteiger partial charge in [-0.05, 0) is 30.5 Å². The molecule has 1 aromatic carbocycles. The van der Waals surface area contributed by atoms with Crippen molar-refractivity contribution in [3.05, 3.63) is 29.8 Å². The lowest BCUT2D eigenvalue weighted by Gasteiger charge is -2.12. The second-order valence-corrected chi connectivity index (χ2v) is 7.97. The molecule has 3 nitrogen and oxygen atoms in total. The largest absolute Gasteiger partial charge is 0.242 e. The third kappa shape index (κ3) is 4.07. The van der Waals surface area contributed by atoms with Crippen molar-refractivity contribution in [3.63, 3.8) is 0 Å². The molecule has 1 unspecified atom stereocenters. The van der Waals surface area contributed by atoms with E-state index in [0.29, 0.717) is 9.72 Å². The minimum atomic E-state index is -3.31. The number of hydrogen-bond donors (Lipinski definition) is 0. The van der Waals surface area contributed by atoms with E-state index in [0.717, 1.165) is 24.8 Å². The molecular weight excluding hydrogens is 314 g/mol. The highest BCUT2D eigenvalue weighted by Gasteiger charge is 2.16. The second kappa shape index (κ2) is 6.68. The van der Waals surface area contributed by atoms with Gasteiger partial charge in [-0.1, -0.05) is 41.4 Å². The van der Waals surface area contributed by atoms with Gasteiger partial charge in [-0.3, -0.25) is 0 Å². The number of benzene rings is 1. The lowest BCUT2D eigenvalue weighted by molar-refractivity contribution is 0.520. The first-order valence-corrected chi connectivity index (χ1v) is 8.39. The Balaban J connectivity index is 2.81. The monoisotopic (exact) mass is 333 g/mol. The van der Waals surface area contributed by atoms with Gasteiger partial charge in [-0.15, -0.1) is 0 Å². The van der Waals surface area contributed by atoms with Crippen LogP contribution in [0.3, 0.4) is 0 Å². The van der Waals surface area contributed by atoms with Gasteiger partial charge in [0.15, 0.2) is 0 Å². The molecule has 0 aliphatic carbocycles. The Labute approximate surface area is 118 Å². The maximum Gasteiger partial charge on any atom is 0.242 e. The molecule has 0 N–H and O–H groups in total. The first-order valence-electron chi connectivity index (χ1n) is 6.03. The van der Waals surface area contributed by atoms with Crippen LogP contribution in [0.25, 0.3) is 0 Å². The third-order valence-electron chi connectivity index (χ3n) is 2.76. The van der Waals surface area contributed by atoms with Crippen molar-refractivity contribution in [2.24, 2.45) is 0 Å². The summed E-state index contributed by atoms with van der Waals surface area (Å²) in [7, 11) is -0.229. The van der Waals surface area contributed by atoms with E-state index in [1.807, 2.05) is 12.1 Å². The molecule has 0 aliphatic rings. The molecule has 1 atom stereocenters. The minimum Gasteiger partial charge on any atom is -0.207 e. The van der Waals surface area contributed by atoms with Crippen LogP contribution < -0.4 is 0 Å². The Morgan fingerprint density at radius 1 is 1.22 bits per heavy atom. The summed E-state index contributed by atoms with van der Waals surface area (Å²) in [5, 5.41) is 0. The zero-order chi connectivity index (χ0) is 13.8. The number of halogens is 1. The molecule has 5 heteroatoms. The van der Waals surface area contributed by atoms with Crippen LogP contribution in [0.1, 0.15) is 25.3 Å². The third-order valence-corrected chi connectivity index (χ3v) is 5.37. The summed E-state index contributed by atoms with van der Waals surface area (Å²) in [5.41, 5.74) is 1.16. The predicted molar refractivity (Wildman–Crippen MR) is 78.6 cm³/mol. The van der Waals surface area contributed by atoms with Crippen LogP contribution in [0.2, 0.25) is 0 Å². The fraction of sp³-hybridized carbons (Fsp3) is 0.538. The van der Waals surface area contributed by atoms with Crippen LogP contribution in [-0.4, -0.2) is 31.6 Å². The Kier molecular flexibility index (Phi) is 5.82. The van der Waals surface area contributed by atoms with Gasteiger partial charge >= 0.3 is 0 Å². The maximum absolute atomic E-state index is 11.9. The summed E-state index contributed by atoms with van der Waals surface area (Å²) < 4.78 is 25.0. The van der Waals surface area contributed by atoms with Gasteiger partial charge in [-0.25, -0.2) is 12.7 Å². The molecule has 0 heterocycles. The normalized spacial score (nSPS) is 13.8. The Bertz CT molecular complexity index is 468. The summed E-state index contributed by atoms with van der Waals surface area (Å²) in [4.78, 5) is 0.802. The molecule has 0 saturated carbocycles. The van der Waals surface area contributed by atoms with E-state index < -0.39 is 10.0 Å². The molecule has 0 aromatic heterocycles. The average molecular weight is 334 g/mol. The summed E-state index contributed by atoms with van der Waals surface area (Å²) in [6.07, 6.45) is 3.19. The fourth-order valence-electron chi connectivity index (χ4n) is 1.68. The van der Waals surface area contributed by atoms with E-state index in [2.05, 4.69) is 22.9 Å². The quantitative estimate of drug-likeness (QED) is 0.750. The number of rotatable bonds is 6. The smallest absolute Gasteiger partial charge is 0.207 e. The zero-order valence-corrected chi connectivity index (χ0v) is 13.5. The van der Waals surface area contributed by atoms with E-state index >= 15 is 0 Å². The van der Waals surface area contributed by atoms with Gasteiger partial charge in [0.1, 0.15) is 0 Å². The van der Waals surface area contributed by atoms with Crippen LogP contribution in [0.15, 0.2) is 29.2 Å². The van der Waals surface area contributed by atoms with Crippen molar-refractivity contribution in [2.45, 2.75) is 35.9 Å². The molecule has 0 fully saturated rings. The van der Waals surface area contributed by atoms with Crippen LogP contribution in [0, 0.1) is 0 Å². The molecule has 0 saturated heterocycles. The van der Waals surface area contributed by atoms with E-state index in [-0.39, 0.29) is 0 Å². The van der Waals surface area contributed by atoms with Gasteiger partial charge < -0.3 is 0 Å². The van der Waals surface area contributed by atoms with Crippen LogP contribution in [-0.2, 0) is 16.4 Å². The summed E-state index contributed by atoms with van der Waals surface area (Å²) in [6, 6.07) is 7.13. The molecule has 18 heavy (non-hydrogen) atoms. The highest BCUT2D eigenvalue weighted by Crippen LogP contribution is 2.18. The Hall–Kier alpha value is -0.390. The van der Waals surface area contributed by atoms with Gasteiger partial charge in [0.2, 0.25) is 10.0 Å². The molecule has 1 aromatic rings. The van der Waals surface area contributed by atoms with E-state index in [9.17, 15) is 8.42 Å². The summed E-state index contributed by atoms with van der Waals surface area (Å²) in [6.45, 7) is 2.15. The number of hydrogen-bond acceptors (Lipinski definition) is 2. The van der Waals surface area contributed by atoms with Gasteiger partial charge in [0.25, 0.3) is 0 Å². The van der Waals surface area contributed by atoms with Crippen molar-refractivity contribution in [1.82, 2.24) is 4.31 Å². The first kappa shape index (κ1) is 15.7. The van der Waals surface area contributed by atoms with E-state index in [4.69, 9.17) is 0 Å². The first-order chi connectivity index (χ1) is 8.37. The standard InChI is InChI=1S/C13H20BrNO2S/c1-4-5-12(14)10-11-6-8-13(9-7-11)18(16,17)15(2)3/h6-9,12H,4-5,10H2,1-3H3.